The van der Waals surface area contributed by atoms with Crippen molar-refractivity contribution < 1.29 is 32.6 Å². The summed E-state index contributed by atoms with van der Waals surface area (Å²) in [6, 6.07) is 13.0. The number of aliphatic carboxylic acids is 1. The van der Waals surface area contributed by atoms with Crippen molar-refractivity contribution in [3.63, 3.8) is 0 Å². The van der Waals surface area contributed by atoms with E-state index in [9.17, 15) is 28.0 Å². The van der Waals surface area contributed by atoms with E-state index in [1.807, 2.05) is 0 Å². The van der Waals surface area contributed by atoms with Crippen LogP contribution in [0.25, 0.3) is 22.5 Å². The minimum Gasteiger partial charge on any atom is -0.481 e. The first kappa shape index (κ1) is 32.3. The minimum absolute atomic E-state index is 0.00981. The Hall–Kier alpha value is -5.29. The molecule has 7 rings (SSSR count). The van der Waals surface area contributed by atoms with Gasteiger partial charge in [0, 0.05) is 43.8 Å². The number of rotatable bonds is 10. The Kier molecular flexibility index (Phi) is 8.10. The van der Waals surface area contributed by atoms with E-state index in [4.69, 9.17) is 9.84 Å². The number of aryl methyl sites for hydroxylation is 1. The molecule has 1 aliphatic carbocycles. The molecule has 0 bridgehead atoms. The number of carbonyl (C=O) groups excluding carboxylic acids is 1. The lowest BCUT2D eigenvalue weighted by atomic mass is 9.97. The van der Waals surface area contributed by atoms with E-state index in [0.29, 0.717) is 45.6 Å². The number of aromatic nitrogens is 4. The Morgan fingerprint density at radius 3 is 2.59 bits per heavy atom. The molecular formula is C35H32F3N7O4. The number of hydrogen-bond acceptors (Lipinski definition) is 8. The molecule has 2 aromatic carbocycles. The molecule has 1 spiro atoms. The van der Waals surface area contributed by atoms with Gasteiger partial charge in [0.25, 0.3) is 5.91 Å². The third-order valence-corrected chi connectivity index (χ3v) is 9.55. The normalized spacial score (nSPS) is 16.6. The summed E-state index contributed by atoms with van der Waals surface area (Å²) in [5.74, 6) is -1.05. The highest BCUT2D eigenvalue weighted by molar-refractivity contribution is 6.10. The highest BCUT2D eigenvalue weighted by atomic mass is 19.4. The number of carbonyl (C=O) groups is 2. The Morgan fingerprint density at radius 1 is 1.10 bits per heavy atom. The lowest BCUT2D eigenvalue weighted by molar-refractivity contribution is -0.138. The molecule has 2 aromatic heterocycles. The lowest BCUT2D eigenvalue weighted by Gasteiger charge is -2.19. The van der Waals surface area contributed by atoms with Crippen molar-refractivity contribution in [1.82, 2.24) is 24.6 Å². The molecule has 2 fully saturated rings. The fraction of sp³-hybridized carbons (Fsp3) is 0.371. The lowest BCUT2D eigenvalue weighted by Crippen LogP contribution is -2.24. The van der Waals surface area contributed by atoms with Gasteiger partial charge >= 0.3 is 12.1 Å². The molecule has 0 radical (unpaired) electrons. The number of fused-ring (bicyclic) bond motifs is 1. The number of benzene rings is 2. The number of nitrogens with zero attached hydrogens (tertiary/aromatic N) is 7. The summed E-state index contributed by atoms with van der Waals surface area (Å²) in [7, 11) is 1.76. The summed E-state index contributed by atoms with van der Waals surface area (Å²) in [6.45, 7) is 1.62. The van der Waals surface area contributed by atoms with Gasteiger partial charge in [-0.3, -0.25) is 19.4 Å². The van der Waals surface area contributed by atoms with Gasteiger partial charge in [-0.2, -0.15) is 23.4 Å². The third kappa shape index (κ3) is 6.46. The van der Waals surface area contributed by atoms with Crippen molar-refractivity contribution in [2.75, 3.05) is 24.6 Å². The SMILES string of the molecule is Cn1cnnc1-c1ccc(C#N)cc1-c1cc(OCCCC(=O)O)nc(N2Cc3c(cc(CN4CCC5(CC5)C4)cc3C(F)(F)F)C2=O)c1. The fourth-order valence-corrected chi connectivity index (χ4v) is 6.84. The molecule has 1 saturated carbocycles. The van der Waals surface area contributed by atoms with Crippen molar-refractivity contribution in [3.8, 4) is 34.5 Å². The maximum atomic E-state index is 14.5. The van der Waals surface area contributed by atoms with E-state index < -0.39 is 23.6 Å². The molecule has 4 aromatic rings. The predicted molar refractivity (Wildman–Crippen MR) is 170 cm³/mol. The zero-order chi connectivity index (χ0) is 34.5. The van der Waals surface area contributed by atoms with Gasteiger partial charge in [-0.15, -0.1) is 10.2 Å². The van der Waals surface area contributed by atoms with Gasteiger partial charge in [-0.1, -0.05) is 0 Å². The number of carboxylic acids is 1. The summed E-state index contributed by atoms with van der Waals surface area (Å²) < 4.78 is 51.1. The fourth-order valence-electron chi connectivity index (χ4n) is 6.84. The first-order valence-corrected chi connectivity index (χ1v) is 16.0. The molecule has 1 amide bonds. The number of ether oxygens (including phenoxy) is 1. The van der Waals surface area contributed by atoms with Crippen molar-refractivity contribution in [2.45, 2.75) is 51.4 Å². The zero-order valence-electron chi connectivity index (χ0n) is 26.6. The molecule has 14 heteroatoms. The predicted octanol–water partition coefficient (Wildman–Crippen LogP) is 5.82. The topological polar surface area (TPSA) is 137 Å². The van der Waals surface area contributed by atoms with Gasteiger partial charge in [0.05, 0.1) is 30.3 Å². The first-order valence-electron chi connectivity index (χ1n) is 16.0. The van der Waals surface area contributed by atoms with Crippen molar-refractivity contribution >= 4 is 17.7 Å². The van der Waals surface area contributed by atoms with Crippen molar-refractivity contribution in [1.29, 1.82) is 5.26 Å². The van der Waals surface area contributed by atoms with Gasteiger partial charge in [0.15, 0.2) is 5.82 Å². The summed E-state index contributed by atoms with van der Waals surface area (Å²) >= 11 is 0. The standard InChI is InChI=1S/C35H32F3N7O4/c1-43-20-40-42-32(43)24-5-4-21(16-39)11-25(24)23-14-29(41-30(15-23)49-10-2-3-31(46)47)45-18-27-26(33(45)48)12-22(13-28(27)35(36,37)38)17-44-9-8-34(19-44)6-7-34/h4-5,11-15,20H,2-3,6-10,17-19H2,1H3,(H,46,47). The second-order valence-corrected chi connectivity index (χ2v) is 13.1. The Balaban J connectivity index is 1.29. The number of carboxylic acid groups (broad SMARTS) is 1. The van der Waals surface area contributed by atoms with Crippen molar-refractivity contribution in [3.05, 3.63) is 76.6 Å². The molecular weight excluding hydrogens is 639 g/mol. The van der Waals surface area contributed by atoms with Crippen LogP contribution in [-0.4, -0.2) is 61.3 Å². The average molecular weight is 672 g/mol. The number of anilines is 1. The highest BCUT2D eigenvalue weighted by Crippen LogP contribution is 2.53. The molecule has 4 heterocycles. The quantitative estimate of drug-likeness (QED) is 0.207. The summed E-state index contributed by atoms with van der Waals surface area (Å²) in [5, 5.41) is 26.9. The molecule has 0 atom stereocenters. The van der Waals surface area contributed by atoms with Crippen LogP contribution in [0.3, 0.4) is 0 Å². The van der Waals surface area contributed by atoms with Crippen LogP contribution in [0.5, 0.6) is 5.88 Å². The summed E-state index contributed by atoms with van der Waals surface area (Å²) in [6.07, 6.45) is 0.195. The van der Waals surface area contributed by atoms with Crippen molar-refractivity contribution in [2.24, 2.45) is 12.5 Å². The number of nitriles is 1. The van der Waals surface area contributed by atoms with E-state index in [0.717, 1.165) is 38.4 Å². The van der Waals surface area contributed by atoms with Crippen LogP contribution in [-0.2, 0) is 31.1 Å². The van der Waals surface area contributed by atoms with Crippen LogP contribution >= 0.6 is 0 Å². The van der Waals surface area contributed by atoms with E-state index in [1.54, 1.807) is 48.0 Å². The van der Waals surface area contributed by atoms with Crippen LogP contribution in [0.2, 0.25) is 0 Å². The van der Waals surface area contributed by atoms with E-state index >= 15 is 0 Å². The molecule has 0 unspecified atom stereocenters. The van der Waals surface area contributed by atoms with E-state index in [-0.39, 0.29) is 48.8 Å². The van der Waals surface area contributed by atoms with Gasteiger partial charge in [0.2, 0.25) is 5.88 Å². The number of amides is 1. The number of pyridine rings is 1. The maximum Gasteiger partial charge on any atom is 0.416 e. The Morgan fingerprint density at radius 2 is 1.92 bits per heavy atom. The molecule has 49 heavy (non-hydrogen) atoms. The van der Waals surface area contributed by atoms with Gasteiger partial charge in [-0.05, 0) is 96.3 Å². The first-order chi connectivity index (χ1) is 23.4. The largest absolute Gasteiger partial charge is 0.481 e. The summed E-state index contributed by atoms with van der Waals surface area (Å²) in [5.41, 5.74) is 1.67. The molecule has 3 aliphatic rings. The van der Waals surface area contributed by atoms with Crippen LogP contribution in [0.1, 0.15) is 64.7 Å². The highest BCUT2D eigenvalue weighted by Gasteiger charge is 2.48. The molecule has 1 saturated heterocycles. The maximum absolute atomic E-state index is 14.5. The zero-order valence-corrected chi connectivity index (χ0v) is 26.6. The molecule has 252 valence electrons. The third-order valence-electron chi connectivity index (χ3n) is 9.55. The van der Waals surface area contributed by atoms with Gasteiger partial charge < -0.3 is 14.4 Å². The van der Waals surface area contributed by atoms with Gasteiger partial charge in [-0.25, -0.2) is 0 Å². The number of hydrogen-bond donors (Lipinski definition) is 1. The number of likely N-dealkylation sites (tertiary alicyclic amines) is 1. The summed E-state index contributed by atoms with van der Waals surface area (Å²) in [4.78, 5) is 32.9. The average Bonchev–Trinajstić information content (AvgIpc) is 3.32. The molecule has 2 aliphatic heterocycles. The Bertz CT molecular complexity index is 2010. The van der Waals surface area contributed by atoms with Crippen LogP contribution in [0.4, 0.5) is 19.0 Å². The monoisotopic (exact) mass is 671 g/mol. The minimum atomic E-state index is -4.68. The molecule has 1 N–H and O–H groups in total. The Labute approximate surface area is 279 Å². The number of alkyl halides is 3. The van der Waals surface area contributed by atoms with E-state index in [2.05, 4.69) is 26.2 Å². The molecule has 11 nitrogen and oxygen atoms in total. The van der Waals surface area contributed by atoms with Crippen LogP contribution < -0.4 is 9.64 Å². The van der Waals surface area contributed by atoms with E-state index in [1.165, 1.54) is 11.2 Å². The van der Waals surface area contributed by atoms with Crippen LogP contribution in [0, 0.1) is 16.7 Å². The van der Waals surface area contributed by atoms with Gasteiger partial charge in [0.1, 0.15) is 12.1 Å². The second-order valence-electron chi connectivity index (χ2n) is 13.1. The number of halogens is 3. The van der Waals surface area contributed by atoms with Crippen LogP contribution in [0.15, 0.2) is 48.8 Å². The second kappa shape index (κ2) is 12.3. The smallest absolute Gasteiger partial charge is 0.416 e.